The van der Waals surface area contributed by atoms with Crippen LogP contribution in [-0.2, 0) is 14.6 Å². The van der Waals surface area contributed by atoms with Crippen molar-refractivity contribution in [3.63, 3.8) is 0 Å². The summed E-state index contributed by atoms with van der Waals surface area (Å²) in [5.41, 5.74) is 1.82. The highest BCUT2D eigenvalue weighted by Crippen LogP contribution is 2.29. The number of nitrogens with one attached hydrogen (secondary N) is 1. The van der Waals surface area contributed by atoms with Gasteiger partial charge in [0.25, 0.3) is 0 Å². The molecule has 0 aliphatic carbocycles. The number of carbonyl (C=O) groups excluding carboxylic acids is 1. The van der Waals surface area contributed by atoms with E-state index in [-0.39, 0.29) is 17.4 Å². The summed E-state index contributed by atoms with van der Waals surface area (Å²) in [5.74, 6) is -0.492. The van der Waals surface area contributed by atoms with E-state index in [1.165, 1.54) is 12.8 Å². The Labute approximate surface area is 125 Å². The molecule has 0 radical (unpaired) electrons. The Hall–Kier alpha value is -1.56. The average Bonchev–Trinajstić information content (AvgIpc) is 3.08. The zero-order valence-corrected chi connectivity index (χ0v) is 12.7. The van der Waals surface area contributed by atoms with Crippen LogP contribution in [0.1, 0.15) is 19.3 Å². The number of carbonyl (C=O) groups is 1. The Morgan fingerprint density at radius 2 is 1.90 bits per heavy atom. The van der Waals surface area contributed by atoms with E-state index in [1.807, 2.05) is 24.3 Å². The van der Waals surface area contributed by atoms with Gasteiger partial charge in [-0.1, -0.05) is 12.1 Å². The second kappa shape index (κ2) is 5.67. The molecule has 3 rings (SSSR count). The smallest absolute Gasteiger partial charge is 0.228 e. The molecule has 1 unspecified atom stereocenters. The number of anilines is 2. The largest absolute Gasteiger partial charge is 0.370 e. The van der Waals surface area contributed by atoms with Gasteiger partial charge in [0.15, 0.2) is 9.84 Å². The number of hydrogen-bond acceptors (Lipinski definition) is 4. The second-order valence-corrected chi connectivity index (χ2v) is 8.03. The predicted octanol–water partition coefficient (Wildman–Crippen LogP) is 1.66. The third-order valence-electron chi connectivity index (χ3n) is 4.21. The minimum Gasteiger partial charge on any atom is -0.370 e. The van der Waals surface area contributed by atoms with Crippen molar-refractivity contribution in [2.45, 2.75) is 19.3 Å². The van der Waals surface area contributed by atoms with E-state index in [0.717, 1.165) is 24.5 Å². The first-order valence-corrected chi connectivity index (χ1v) is 9.22. The molecular weight excluding hydrogens is 288 g/mol. The van der Waals surface area contributed by atoms with Gasteiger partial charge in [-0.25, -0.2) is 8.42 Å². The molecule has 0 spiro atoms. The average molecular weight is 308 g/mol. The normalized spacial score (nSPS) is 24.2. The Balaban J connectivity index is 1.74. The van der Waals surface area contributed by atoms with E-state index >= 15 is 0 Å². The van der Waals surface area contributed by atoms with Crippen molar-refractivity contribution in [3.05, 3.63) is 24.3 Å². The molecule has 1 amide bonds. The zero-order chi connectivity index (χ0) is 14.9. The van der Waals surface area contributed by atoms with Crippen molar-refractivity contribution in [1.29, 1.82) is 0 Å². The molecule has 114 valence electrons. The molecule has 6 heteroatoms. The minimum atomic E-state index is -3.03. The summed E-state index contributed by atoms with van der Waals surface area (Å²) >= 11 is 0. The van der Waals surface area contributed by atoms with Gasteiger partial charge in [-0.2, -0.15) is 0 Å². The Bertz CT molecular complexity index is 636. The van der Waals surface area contributed by atoms with Crippen molar-refractivity contribution in [2.24, 2.45) is 5.92 Å². The van der Waals surface area contributed by atoms with Crippen molar-refractivity contribution in [2.75, 3.05) is 34.8 Å². The molecule has 2 aliphatic rings. The van der Waals surface area contributed by atoms with Crippen molar-refractivity contribution >= 4 is 27.1 Å². The highest BCUT2D eigenvalue weighted by Gasteiger charge is 2.33. The summed E-state index contributed by atoms with van der Waals surface area (Å²) < 4.78 is 23.0. The molecule has 0 aromatic heterocycles. The van der Waals surface area contributed by atoms with Gasteiger partial charge in [0.1, 0.15) is 0 Å². The highest BCUT2D eigenvalue weighted by atomic mass is 32.2. The van der Waals surface area contributed by atoms with Crippen molar-refractivity contribution < 1.29 is 13.2 Å². The molecule has 2 fully saturated rings. The molecule has 0 bridgehead atoms. The molecule has 2 saturated heterocycles. The van der Waals surface area contributed by atoms with E-state index < -0.39 is 15.8 Å². The molecule has 1 N–H and O–H groups in total. The maximum atomic E-state index is 12.3. The Morgan fingerprint density at radius 3 is 2.57 bits per heavy atom. The lowest BCUT2D eigenvalue weighted by molar-refractivity contribution is -0.119. The molecular formula is C15H20N2O3S. The number of para-hydroxylation sites is 2. The molecule has 1 aromatic carbocycles. The van der Waals surface area contributed by atoms with Gasteiger partial charge >= 0.3 is 0 Å². The maximum absolute atomic E-state index is 12.3. The zero-order valence-electron chi connectivity index (χ0n) is 11.9. The Kier molecular flexibility index (Phi) is 3.89. The standard InChI is InChI=1S/C15H20N2O3S/c18-15(12-7-10-21(19,20)11-12)16-13-5-1-2-6-14(13)17-8-3-4-9-17/h1-2,5-6,12H,3-4,7-11H2,(H,16,18). The number of hydrogen-bond donors (Lipinski definition) is 1. The molecule has 1 atom stereocenters. The Morgan fingerprint density at radius 1 is 1.19 bits per heavy atom. The molecule has 1 aromatic rings. The molecule has 5 nitrogen and oxygen atoms in total. The number of benzene rings is 1. The summed E-state index contributed by atoms with van der Waals surface area (Å²) in [6.07, 6.45) is 2.77. The van der Waals surface area contributed by atoms with Gasteiger partial charge in [-0.05, 0) is 31.4 Å². The monoisotopic (exact) mass is 308 g/mol. The number of sulfone groups is 1. The van der Waals surface area contributed by atoms with Crippen LogP contribution in [0.3, 0.4) is 0 Å². The molecule has 21 heavy (non-hydrogen) atoms. The topological polar surface area (TPSA) is 66.5 Å². The van der Waals surface area contributed by atoms with Crippen LogP contribution in [0.15, 0.2) is 24.3 Å². The van der Waals surface area contributed by atoms with Crippen molar-refractivity contribution in [1.82, 2.24) is 0 Å². The van der Waals surface area contributed by atoms with Crippen LogP contribution in [0.4, 0.5) is 11.4 Å². The van der Waals surface area contributed by atoms with Crippen LogP contribution >= 0.6 is 0 Å². The van der Waals surface area contributed by atoms with Crippen LogP contribution in [0.25, 0.3) is 0 Å². The van der Waals surface area contributed by atoms with Gasteiger partial charge in [0, 0.05) is 13.1 Å². The first-order valence-electron chi connectivity index (χ1n) is 7.40. The van der Waals surface area contributed by atoms with Crippen LogP contribution < -0.4 is 10.2 Å². The van der Waals surface area contributed by atoms with E-state index in [4.69, 9.17) is 0 Å². The lowest BCUT2D eigenvalue weighted by Gasteiger charge is -2.22. The number of nitrogens with zero attached hydrogens (tertiary/aromatic N) is 1. The lowest BCUT2D eigenvalue weighted by atomic mass is 10.1. The van der Waals surface area contributed by atoms with Gasteiger partial charge < -0.3 is 10.2 Å². The maximum Gasteiger partial charge on any atom is 0.228 e. The van der Waals surface area contributed by atoms with Crippen molar-refractivity contribution in [3.8, 4) is 0 Å². The third kappa shape index (κ3) is 3.20. The fourth-order valence-corrected chi connectivity index (χ4v) is 4.79. The van der Waals surface area contributed by atoms with E-state index in [0.29, 0.717) is 6.42 Å². The number of amides is 1. The molecule has 2 heterocycles. The van der Waals surface area contributed by atoms with Crippen LogP contribution in [-0.4, -0.2) is 38.9 Å². The SMILES string of the molecule is O=C(Nc1ccccc1N1CCCC1)C1CCS(=O)(=O)C1. The fourth-order valence-electron chi connectivity index (χ4n) is 3.05. The summed E-state index contributed by atoms with van der Waals surface area (Å²) in [7, 11) is -3.03. The summed E-state index contributed by atoms with van der Waals surface area (Å²) in [5, 5.41) is 2.92. The minimum absolute atomic E-state index is 0.0231. The summed E-state index contributed by atoms with van der Waals surface area (Å²) in [6.45, 7) is 2.01. The van der Waals surface area contributed by atoms with Gasteiger partial charge in [0.2, 0.25) is 5.91 Å². The molecule has 0 saturated carbocycles. The molecule has 2 aliphatic heterocycles. The lowest BCUT2D eigenvalue weighted by Crippen LogP contribution is -2.26. The van der Waals surface area contributed by atoms with Gasteiger partial charge in [-0.3, -0.25) is 4.79 Å². The van der Waals surface area contributed by atoms with E-state index in [2.05, 4.69) is 10.2 Å². The number of rotatable bonds is 3. The van der Waals surface area contributed by atoms with Crippen LogP contribution in [0, 0.1) is 5.92 Å². The fraction of sp³-hybridized carbons (Fsp3) is 0.533. The predicted molar refractivity (Wildman–Crippen MR) is 83.3 cm³/mol. The first-order chi connectivity index (χ1) is 10.1. The third-order valence-corrected chi connectivity index (χ3v) is 5.98. The summed E-state index contributed by atoms with van der Waals surface area (Å²) in [6, 6.07) is 7.74. The highest BCUT2D eigenvalue weighted by molar-refractivity contribution is 7.91. The second-order valence-electron chi connectivity index (χ2n) is 5.80. The van der Waals surface area contributed by atoms with E-state index in [9.17, 15) is 13.2 Å². The first kappa shape index (κ1) is 14.4. The summed E-state index contributed by atoms with van der Waals surface area (Å²) in [4.78, 5) is 14.5. The van der Waals surface area contributed by atoms with Gasteiger partial charge in [0.05, 0.1) is 28.8 Å². The van der Waals surface area contributed by atoms with E-state index in [1.54, 1.807) is 0 Å². The van der Waals surface area contributed by atoms with Crippen LogP contribution in [0.5, 0.6) is 0 Å². The van der Waals surface area contributed by atoms with Gasteiger partial charge in [-0.15, -0.1) is 0 Å². The van der Waals surface area contributed by atoms with Crippen LogP contribution in [0.2, 0.25) is 0 Å². The quantitative estimate of drug-likeness (QED) is 0.922.